The van der Waals surface area contributed by atoms with E-state index in [0.29, 0.717) is 22.6 Å². The molecule has 1 saturated heterocycles. The number of amides is 1. The average Bonchev–Trinajstić information content (AvgIpc) is 3.14. The second kappa shape index (κ2) is 9.85. The summed E-state index contributed by atoms with van der Waals surface area (Å²) in [4.78, 5) is 39.6. The topological polar surface area (TPSA) is 93.1 Å². The zero-order valence-electron chi connectivity index (χ0n) is 19.6. The summed E-state index contributed by atoms with van der Waals surface area (Å²) in [6, 6.07) is 20.0. The fourth-order valence-corrected chi connectivity index (χ4v) is 4.20. The average molecular weight is 472 g/mol. The number of ketones is 1. The molecule has 0 radical (unpaired) electrons. The molecule has 4 rings (SSSR count). The molecule has 1 fully saturated rings. The molecule has 35 heavy (non-hydrogen) atoms. The van der Waals surface area contributed by atoms with Crippen molar-refractivity contribution in [2.45, 2.75) is 19.4 Å². The molecular formula is C28H25NO6. The van der Waals surface area contributed by atoms with Gasteiger partial charge in [0.1, 0.15) is 11.5 Å². The Morgan fingerprint density at radius 1 is 0.943 bits per heavy atom. The number of aliphatic hydroxyl groups is 1. The number of aryl methyl sites for hydroxylation is 1. The van der Waals surface area contributed by atoms with Crippen molar-refractivity contribution in [2.24, 2.45) is 0 Å². The molecule has 1 amide bonds. The van der Waals surface area contributed by atoms with E-state index in [9.17, 15) is 19.5 Å². The second-order valence-corrected chi connectivity index (χ2v) is 8.17. The number of hydrogen-bond acceptors (Lipinski definition) is 6. The van der Waals surface area contributed by atoms with Crippen molar-refractivity contribution in [3.63, 3.8) is 0 Å². The quantitative estimate of drug-likeness (QED) is 0.249. The third-order valence-electron chi connectivity index (χ3n) is 6.08. The standard InChI is InChI=1S/C28H25NO6/c1-17-6-4-5-7-22(17)25-24(26(31)19-10-14-21(34-2)15-11-19)27(32)28(33)29(25)20-12-8-18(9-13-20)16-23(30)35-3/h4-15,25,31H,16H2,1-3H3/b26-24-. The van der Waals surface area contributed by atoms with Crippen LogP contribution in [0.3, 0.4) is 0 Å². The van der Waals surface area contributed by atoms with Crippen LogP contribution in [-0.4, -0.2) is 37.0 Å². The van der Waals surface area contributed by atoms with Gasteiger partial charge < -0.3 is 14.6 Å². The van der Waals surface area contributed by atoms with Gasteiger partial charge in [-0.05, 0) is 60.0 Å². The lowest BCUT2D eigenvalue weighted by molar-refractivity contribution is -0.139. The van der Waals surface area contributed by atoms with E-state index in [1.165, 1.54) is 19.1 Å². The van der Waals surface area contributed by atoms with E-state index in [2.05, 4.69) is 0 Å². The maximum absolute atomic E-state index is 13.3. The van der Waals surface area contributed by atoms with Gasteiger partial charge in [-0.2, -0.15) is 0 Å². The number of benzene rings is 3. The minimum Gasteiger partial charge on any atom is -0.507 e. The monoisotopic (exact) mass is 471 g/mol. The number of carbonyl (C=O) groups is 3. The van der Waals surface area contributed by atoms with E-state index in [1.807, 2.05) is 31.2 Å². The maximum Gasteiger partial charge on any atom is 0.309 e. The number of esters is 1. The highest BCUT2D eigenvalue weighted by Gasteiger charge is 2.47. The van der Waals surface area contributed by atoms with E-state index in [1.54, 1.807) is 48.5 Å². The maximum atomic E-state index is 13.3. The number of ether oxygens (including phenoxy) is 2. The Labute approximate surface area is 203 Å². The van der Waals surface area contributed by atoms with E-state index in [-0.39, 0.29) is 23.7 Å². The molecule has 1 aliphatic rings. The molecule has 1 atom stereocenters. The van der Waals surface area contributed by atoms with Crippen LogP contribution < -0.4 is 9.64 Å². The largest absolute Gasteiger partial charge is 0.507 e. The van der Waals surface area contributed by atoms with Gasteiger partial charge in [-0.25, -0.2) is 0 Å². The highest BCUT2D eigenvalue weighted by atomic mass is 16.5. The van der Waals surface area contributed by atoms with Crippen LogP contribution in [0.25, 0.3) is 5.76 Å². The normalized spacial score (nSPS) is 16.9. The van der Waals surface area contributed by atoms with Gasteiger partial charge in [-0.3, -0.25) is 19.3 Å². The smallest absolute Gasteiger partial charge is 0.309 e. The Hall–Kier alpha value is -4.39. The van der Waals surface area contributed by atoms with E-state index < -0.39 is 17.7 Å². The number of hydrogen-bond donors (Lipinski definition) is 1. The van der Waals surface area contributed by atoms with Crippen molar-refractivity contribution < 1.29 is 29.0 Å². The Balaban J connectivity index is 1.85. The summed E-state index contributed by atoms with van der Waals surface area (Å²) >= 11 is 0. The van der Waals surface area contributed by atoms with Crippen molar-refractivity contribution >= 4 is 29.1 Å². The lowest BCUT2D eigenvalue weighted by atomic mass is 9.92. The number of rotatable bonds is 6. The summed E-state index contributed by atoms with van der Waals surface area (Å²) in [6.07, 6.45) is 0.0916. The third kappa shape index (κ3) is 4.53. The van der Waals surface area contributed by atoms with Crippen molar-refractivity contribution in [2.75, 3.05) is 19.1 Å². The van der Waals surface area contributed by atoms with Gasteiger partial charge in [-0.15, -0.1) is 0 Å². The first kappa shape index (κ1) is 23.8. The van der Waals surface area contributed by atoms with Crippen LogP contribution in [0.1, 0.15) is 28.3 Å². The SMILES string of the molecule is COC(=O)Cc1ccc(N2C(=O)C(=O)/C(=C(\O)c3ccc(OC)cc3)C2c2ccccc2C)cc1. The summed E-state index contributed by atoms with van der Waals surface area (Å²) in [7, 11) is 2.86. The third-order valence-corrected chi connectivity index (χ3v) is 6.08. The molecule has 3 aromatic carbocycles. The summed E-state index contributed by atoms with van der Waals surface area (Å²) in [5.41, 5.74) is 3.18. The first-order valence-corrected chi connectivity index (χ1v) is 11.0. The Morgan fingerprint density at radius 3 is 2.20 bits per heavy atom. The highest BCUT2D eigenvalue weighted by molar-refractivity contribution is 6.51. The molecule has 1 N–H and O–H groups in total. The Morgan fingerprint density at radius 2 is 1.60 bits per heavy atom. The molecular weight excluding hydrogens is 446 g/mol. The van der Waals surface area contributed by atoms with Crippen LogP contribution in [0.2, 0.25) is 0 Å². The number of anilines is 1. The molecule has 1 aliphatic heterocycles. The van der Waals surface area contributed by atoms with Crippen LogP contribution >= 0.6 is 0 Å². The minimum absolute atomic E-state index is 0.00750. The van der Waals surface area contributed by atoms with Gasteiger partial charge in [0.2, 0.25) is 0 Å². The first-order chi connectivity index (χ1) is 16.8. The zero-order valence-corrected chi connectivity index (χ0v) is 19.6. The van der Waals surface area contributed by atoms with Crippen molar-refractivity contribution in [3.8, 4) is 5.75 Å². The van der Waals surface area contributed by atoms with E-state index in [0.717, 1.165) is 11.1 Å². The number of carbonyl (C=O) groups excluding carboxylic acids is 3. The molecule has 1 unspecified atom stereocenters. The predicted molar refractivity (Wildman–Crippen MR) is 131 cm³/mol. The Kier molecular flexibility index (Phi) is 6.68. The van der Waals surface area contributed by atoms with E-state index in [4.69, 9.17) is 9.47 Å². The zero-order chi connectivity index (χ0) is 25.1. The van der Waals surface area contributed by atoms with Gasteiger partial charge in [0, 0.05) is 11.3 Å². The van der Waals surface area contributed by atoms with Crippen molar-refractivity contribution in [1.29, 1.82) is 0 Å². The first-order valence-electron chi connectivity index (χ1n) is 11.0. The molecule has 0 aliphatic carbocycles. The number of methoxy groups -OCH3 is 2. The summed E-state index contributed by atoms with van der Waals surface area (Å²) in [6.45, 7) is 1.89. The van der Waals surface area contributed by atoms with Crippen LogP contribution in [-0.2, 0) is 25.5 Å². The lowest BCUT2D eigenvalue weighted by Gasteiger charge is -2.26. The molecule has 3 aromatic rings. The molecule has 7 nitrogen and oxygen atoms in total. The van der Waals surface area contributed by atoms with Gasteiger partial charge in [0.25, 0.3) is 11.7 Å². The number of nitrogens with zero attached hydrogens (tertiary/aromatic N) is 1. The lowest BCUT2D eigenvalue weighted by Crippen LogP contribution is -2.29. The minimum atomic E-state index is -0.829. The number of aliphatic hydroxyl groups excluding tert-OH is 1. The fraction of sp³-hybridized carbons (Fsp3) is 0.179. The molecule has 0 aromatic heterocycles. The molecule has 0 saturated carbocycles. The molecule has 7 heteroatoms. The fourth-order valence-electron chi connectivity index (χ4n) is 4.20. The van der Waals surface area contributed by atoms with Gasteiger partial charge >= 0.3 is 5.97 Å². The second-order valence-electron chi connectivity index (χ2n) is 8.17. The summed E-state index contributed by atoms with van der Waals surface area (Å²) < 4.78 is 9.89. The van der Waals surface area contributed by atoms with Crippen molar-refractivity contribution in [3.05, 3.63) is 101 Å². The molecule has 178 valence electrons. The van der Waals surface area contributed by atoms with Gasteiger partial charge in [0.15, 0.2) is 0 Å². The van der Waals surface area contributed by atoms with Gasteiger partial charge in [0.05, 0.1) is 32.3 Å². The van der Waals surface area contributed by atoms with Gasteiger partial charge in [-0.1, -0.05) is 36.4 Å². The van der Waals surface area contributed by atoms with Crippen LogP contribution in [0.15, 0.2) is 78.4 Å². The van der Waals surface area contributed by atoms with Crippen LogP contribution in [0, 0.1) is 6.92 Å². The van der Waals surface area contributed by atoms with Crippen LogP contribution in [0.4, 0.5) is 5.69 Å². The van der Waals surface area contributed by atoms with Crippen LogP contribution in [0.5, 0.6) is 5.75 Å². The molecule has 0 bridgehead atoms. The molecule has 1 heterocycles. The van der Waals surface area contributed by atoms with E-state index >= 15 is 0 Å². The number of Topliss-reactive ketones (excluding diaryl/α,β-unsaturated/α-hetero) is 1. The highest BCUT2D eigenvalue weighted by Crippen LogP contribution is 2.43. The van der Waals surface area contributed by atoms with Crippen molar-refractivity contribution in [1.82, 2.24) is 0 Å². The predicted octanol–water partition coefficient (Wildman–Crippen LogP) is 4.35. The molecule has 0 spiro atoms. The summed E-state index contributed by atoms with van der Waals surface area (Å²) in [5, 5.41) is 11.2. The summed E-state index contributed by atoms with van der Waals surface area (Å²) in [5.74, 6) is -1.55. The Bertz CT molecular complexity index is 1310.